The van der Waals surface area contributed by atoms with Crippen LogP contribution in [0.1, 0.15) is 16.8 Å². The molecule has 0 aromatic heterocycles. The zero-order valence-electron chi connectivity index (χ0n) is 11.2. The summed E-state index contributed by atoms with van der Waals surface area (Å²) < 4.78 is 23.2. The van der Waals surface area contributed by atoms with Crippen molar-refractivity contribution in [1.29, 1.82) is 0 Å². The molecule has 1 heterocycles. The summed E-state index contributed by atoms with van der Waals surface area (Å²) in [4.78, 5) is 24.5. The highest BCUT2D eigenvalue weighted by Crippen LogP contribution is 2.25. The summed E-state index contributed by atoms with van der Waals surface area (Å²) in [6, 6.07) is 4.03. The highest BCUT2D eigenvalue weighted by atomic mass is 35.5. The van der Waals surface area contributed by atoms with E-state index in [9.17, 15) is 18.0 Å². The van der Waals surface area contributed by atoms with E-state index in [0.29, 0.717) is 13.0 Å². The smallest absolute Gasteiger partial charge is 0.308 e. The molecular formula is C13H14ClNO5S. The highest BCUT2D eigenvalue weighted by Gasteiger charge is 2.31. The van der Waals surface area contributed by atoms with Crippen LogP contribution in [0.15, 0.2) is 23.1 Å². The third kappa shape index (κ3) is 3.36. The van der Waals surface area contributed by atoms with Crippen molar-refractivity contribution in [2.75, 3.05) is 19.3 Å². The molecule has 0 saturated carbocycles. The molecule has 21 heavy (non-hydrogen) atoms. The predicted molar refractivity (Wildman–Crippen MR) is 76.2 cm³/mol. The number of halogens is 1. The zero-order chi connectivity index (χ0) is 15.8. The van der Waals surface area contributed by atoms with Gasteiger partial charge in [-0.25, -0.2) is 8.42 Å². The van der Waals surface area contributed by atoms with E-state index in [-0.39, 0.29) is 27.9 Å². The third-order valence-corrected chi connectivity index (χ3v) is 4.98. The van der Waals surface area contributed by atoms with Crippen LogP contribution >= 0.6 is 11.6 Å². The molecule has 8 heteroatoms. The largest absolute Gasteiger partial charge is 0.481 e. The van der Waals surface area contributed by atoms with Gasteiger partial charge in [0.2, 0.25) is 0 Å². The van der Waals surface area contributed by atoms with Crippen molar-refractivity contribution in [3.63, 3.8) is 0 Å². The van der Waals surface area contributed by atoms with Crippen molar-refractivity contribution in [2.24, 2.45) is 5.92 Å². The summed E-state index contributed by atoms with van der Waals surface area (Å²) in [5, 5.41) is 8.99. The topological polar surface area (TPSA) is 91.8 Å². The summed E-state index contributed by atoms with van der Waals surface area (Å²) in [5.74, 6) is -1.89. The van der Waals surface area contributed by atoms with Crippen LogP contribution in [0.2, 0.25) is 5.02 Å². The van der Waals surface area contributed by atoms with Crippen LogP contribution in [0, 0.1) is 5.92 Å². The number of carboxylic acid groups (broad SMARTS) is 1. The molecule has 1 aromatic rings. The van der Waals surface area contributed by atoms with Crippen LogP contribution < -0.4 is 0 Å². The van der Waals surface area contributed by atoms with Crippen molar-refractivity contribution in [3.05, 3.63) is 28.8 Å². The Morgan fingerprint density at radius 2 is 2.05 bits per heavy atom. The van der Waals surface area contributed by atoms with E-state index in [4.69, 9.17) is 16.7 Å². The first kappa shape index (κ1) is 15.8. The van der Waals surface area contributed by atoms with Crippen LogP contribution in [0.5, 0.6) is 0 Å². The van der Waals surface area contributed by atoms with E-state index >= 15 is 0 Å². The predicted octanol–water partition coefficient (Wildman–Crippen LogP) is 1.29. The van der Waals surface area contributed by atoms with E-state index in [2.05, 4.69) is 0 Å². The van der Waals surface area contributed by atoms with E-state index in [1.807, 2.05) is 0 Å². The van der Waals surface area contributed by atoms with E-state index in [0.717, 1.165) is 6.26 Å². The van der Waals surface area contributed by atoms with Gasteiger partial charge in [-0.15, -0.1) is 0 Å². The maximum Gasteiger partial charge on any atom is 0.308 e. The third-order valence-electron chi connectivity index (χ3n) is 3.40. The van der Waals surface area contributed by atoms with Gasteiger partial charge in [0.15, 0.2) is 9.84 Å². The lowest BCUT2D eigenvalue weighted by atomic mass is 10.1. The van der Waals surface area contributed by atoms with Gasteiger partial charge in [-0.1, -0.05) is 11.6 Å². The van der Waals surface area contributed by atoms with Gasteiger partial charge in [0.25, 0.3) is 5.91 Å². The number of benzene rings is 1. The Bertz CT molecular complexity index is 701. The monoisotopic (exact) mass is 331 g/mol. The molecule has 0 aliphatic carbocycles. The van der Waals surface area contributed by atoms with Crippen molar-refractivity contribution < 1.29 is 23.1 Å². The lowest BCUT2D eigenvalue weighted by molar-refractivity contribution is -0.141. The maximum absolute atomic E-state index is 12.3. The fourth-order valence-corrected chi connectivity index (χ4v) is 3.55. The molecule has 1 aromatic carbocycles. The fraction of sp³-hybridized carbons (Fsp3) is 0.385. The van der Waals surface area contributed by atoms with Crippen molar-refractivity contribution >= 4 is 33.3 Å². The standard InChI is InChI=1S/C13H14ClNO5S/c1-21(19,20)11-6-8(2-3-10(11)14)12(16)15-5-4-9(7-15)13(17)18/h2-3,6,9H,4-5,7H2,1H3,(H,17,18). The van der Waals surface area contributed by atoms with E-state index in [1.165, 1.54) is 23.1 Å². The Morgan fingerprint density at radius 1 is 1.38 bits per heavy atom. The second-order valence-corrected chi connectivity index (χ2v) is 7.38. The summed E-state index contributed by atoms with van der Waals surface area (Å²) in [5.41, 5.74) is 0.186. The molecule has 6 nitrogen and oxygen atoms in total. The SMILES string of the molecule is CS(=O)(=O)c1cc(C(=O)N2CCC(C(=O)O)C2)ccc1Cl. The van der Waals surface area contributed by atoms with Crippen LogP contribution in [-0.2, 0) is 14.6 Å². The molecule has 1 aliphatic rings. The van der Waals surface area contributed by atoms with Gasteiger partial charge in [-0.05, 0) is 24.6 Å². The fourth-order valence-electron chi connectivity index (χ4n) is 2.25. The molecule has 1 unspecified atom stereocenters. The number of rotatable bonds is 3. The Balaban J connectivity index is 2.27. The number of sulfone groups is 1. The summed E-state index contributed by atoms with van der Waals surface area (Å²) in [6.07, 6.45) is 1.41. The van der Waals surface area contributed by atoms with Gasteiger partial charge in [-0.3, -0.25) is 9.59 Å². The van der Waals surface area contributed by atoms with Crippen molar-refractivity contribution in [1.82, 2.24) is 4.90 Å². The first-order valence-corrected chi connectivity index (χ1v) is 8.49. The molecule has 0 spiro atoms. The molecule has 1 atom stereocenters. The lowest BCUT2D eigenvalue weighted by Gasteiger charge is -2.16. The molecule has 1 N–H and O–H groups in total. The average molecular weight is 332 g/mol. The quantitative estimate of drug-likeness (QED) is 0.901. The normalized spacial score (nSPS) is 18.8. The molecule has 0 bridgehead atoms. The van der Waals surface area contributed by atoms with Crippen LogP contribution in [0.4, 0.5) is 0 Å². The number of likely N-dealkylation sites (tertiary alicyclic amines) is 1. The van der Waals surface area contributed by atoms with Crippen molar-refractivity contribution in [2.45, 2.75) is 11.3 Å². The summed E-state index contributed by atoms with van der Waals surface area (Å²) in [7, 11) is -3.53. The highest BCUT2D eigenvalue weighted by molar-refractivity contribution is 7.90. The number of aliphatic carboxylic acids is 1. The molecule has 1 fully saturated rings. The van der Waals surface area contributed by atoms with Gasteiger partial charge < -0.3 is 10.0 Å². The van der Waals surface area contributed by atoms with Gasteiger partial charge in [0.1, 0.15) is 0 Å². The number of carbonyl (C=O) groups excluding carboxylic acids is 1. The second kappa shape index (κ2) is 5.65. The van der Waals surface area contributed by atoms with Crippen molar-refractivity contribution in [3.8, 4) is 0 Å². The van der Waals surface area contributed by atoms with Gasteiger partial charge in [0.05, 0.1) is 15.8 Å². The Morgan fingerprint density at radius 3 is 2.57 bits per heavy atom. The lowest BCUT2D eigenvalue weighted by Crippen LogP contribution is -2.30. The summed E-state index contributed by atoms with van der Waals surface area (Å²) in [6.45, 7) is 0.470. The number of hydrogen-bond acceptors (Lipinski definition) is 4. The first-order chi connectivity index (χ1) is 9.70. The summed E-state index contributed by atoms with van der Waals surface area (Å²) >= 11 is 5.83. The zero-order valence-corrected chi connectivity index (χ0v) is 12.8. The van der Waals surface area contributed by atoms with Crippen LogP contribution in [0.3, 0.4) is 0 Å². The molecule has 2 rings (SSSR count). The molecule has 1 saturated heterocycles. The van der Waals surface area contributed by atoms with Crippen LogP contribution in [0.25, 0.3) is 0 Å². The molecular weight excluding hydrogens is 318 g/mol. The van der Waals surface area contributed by atoms with Gasteiger partial charge in [-0.2, -0.15) is 0 Å². The van der Waals surface area contributed by atoms with E-state index in [1.54, 1.807) is 0 Å². The number of hydrogen-bond donors (Lipinski definition) is 1. The first-order valence-electron chi connectivity index (χ1n) is 6.22. The van der Waals surface area contributed by atoms with Crippen LogP contribution in [-0.4, -0.2) is 49.6 Å². The Kier molecular flexibility index (Phi) is 4.25. The number of carbonyl (C=O) groups is 2. The van der Waals surface area contributed by atoms with Gasteiger partial charge >= 0.3 is 5.97 Å². The minimum Gasteiger partial charge on any atom is -0.481 e. The maximum atomic E-state index is 12.3. The molecule has 114 valence electrons. The number of carboxylic acids is 1. The molecule has 1 amide bonds. The molecule has 1 aliphatic heterocycles. The van der Waals surface area contributed by atoms with Gasteiger partial charge in [0, 0.05) is 24.9 Å². The number of nitrogens with zero attached hydrogens (tertiary/aromatic N) is 1. The second-order valence-electron chi connectivity index (χ2n) is 4.99. The Labute approximate surface area is 127 Å². The minimum atomic E-state index is -3.53. The minimum absolute atomic E-state index is 0.0545. The molecule has 0 radical (unpaired) electrons. The van der Waals surface area contributed by atoms with E-state index < -0.39 is 21.7 Å². The average Bonchev–Trinajstić information content (AvgIpc) is 2.86. The number of amides is 1. The Hall–Kier alpha value is -1.60.